The van der Waals surface area contributed by atoms with Crippen molar-refractivity contribution in [2.45, 2.75) is 0 Å². The van der Waals surface area contributed by atoms with E-state index in [2.05, 4.69) is 190 Å². The van der Waals surface area contributed by atoms with Gasteiger partial charge in [0.2, 0.25) is 0 Å². The number of fused-ring (bicyclic) bond motifs is 12. The molecule has 3 nitrogen and oxygen atoms in total. The van der Waals surface area contributed by atoms with Gasteiger partial charge in [0, 0.05) is 49.4 Å². The first-order chi connectivity index (χ1) is 24.3. The molecule has 0 saturated heterocycles. The van der Waals surface area contributed by atoms with Crippen LogP contribution in [0, 0.1) is 0 Å². The third-order valence-electron chi connectivity index (χ3n) is 10.4. The van der Waals surface area contributed by atoms with Gasteiger partial charge in [0.05, 0.1) is 33.1 Å². The van der Waals surface area contributed by atoms with Crippen LogP contribution in [0.2, 0.25) is 0 Å². The second-order valence-electron chi connectivity index (χ2n) is 12.9. The van der Waals surface area contributed by atoms with Crippen molar-refractivity contribution in [1.29, 1.82) is 0 Å². The van der Waals surface area contributed by atoms with E-state index in [0.29, 0.717) is 0 Å². The molecule has 0 bridgehead atoms. The second kappa shape index (κ2) is 9.96. The molecule has 0 fully saturated rings. The molecular formula is C46H29N3. The second-order valence-corrected chi connectivity index (χ2v) is 12.9. The number of aromatic nitrogens is 3. The summed E-state index contributed by atoms with van der Waals surface area (Å²) >= 11 is 0. The van der Waals surface area contributed by atoms with E-state index < -0.39 is 0 Å². The van der Waals surface area contributed by atoms with E-state index in [-0.39, 0.29) is 0 Å². The Hall–Kier alpha value is -6.58. The van der Waals surface area contributed by atoms with Crippen molar-refractivity contribution in [2.24, 2.45) is 0 Å². The monoisotopic (exact) mass is 623 g/mol. The van der Waals surface area contributed by atoms with E-state index in [1.54, 1.807) is 0 Å². The molecular weight excluding hydrogens is 595 g/mol. The van der Waals surface area contributed by atoms with Gasteiger partial charge in [-0.05, 0) is 83.6 Å². The van der Waals surface area contributed by atoms with Crippen molar-refractivity contribution in [2.75, 3.05) is 0 Å². The Morgan fingerprint density at radius 1 is 0.245 bits per heavy atom. The SMILES string of the molecule is c1ccc(-n2c3ccccc3c3cc(-n4c5ccccc5c5c6c7c8ccccc8ccc7n(-c7ccccc7)c6ccc54)ccc32)cc1. The van der Waals surface area contributed by atoms with Crippen molar-refractivity contribution < 1.29 is 0 Å². The summed E-state index contributed by atoms with van der Waals surface area (Å²) in [5, 5.41) is 10.2. The lowest BCUT2D eigenvalue weighted by atomic mass is 10.0. The molecule has 11 rings (SSSR count). The number of rotatable bonds is 3. The van der Waals surface area contributed by atoms with E-state index in [1.807, 2.05) is 0 Å². The zero-order valence-electron chi connectivity index (χ0n) is 26.6. The van der Waals surface area contributed by atoms with Crippen LogP contribution in [0.4, 0.5) is 0 Å². The molecule has 0 N–H and O–H groups in total. The van der Waals surface area contributed by atoms with Gasteiger partial charge in [-0.1, -0.05) is 103 Å². The molecule has 49 heavy (non-hydrogen) atoms. The van der Waals surface area contributed by atoms with E-state index in [4.69, 9.17) is 0 Å². The first kappa shape index (κ1) is 26.5. The third kappa shape index (κ3) is 3.62. The molecule has 0 unspecified atom stereocenters. The van der Waals surface area contributed by atoms with Crippen LogP contribution in [0.3, 0.4) is 0 Å². The van der Waals surface area contributed by atoms with E-state index in [1.165, 1.54) is 87.6 Å². The number of nitrogens with zero attached hydrogens (tertiary/aromatic N) is 3. The molecule has 8 aromatic carbocycles. The molecule has 3 heterocycles. The topological polar surface area (TPSA) is 14.8 Å². The highest BCUT2D eigenvalue weighted by molar-refractivity contribution is 6.33. The van der Waals surface area contributed by atoms with Crippen molar-refractivity contribution in [1.82, 2.24) is 13.7 Å². The molecule has 0 radical (unpaired) electrons. The van der Waals surface area contributed by atoms with Crippen LogP contribution in [0.15, 0.2) is 176 Å². The molecule has 0 amide bonds. The Labute approximate surface area is 282 Å². The summed E-state index contributed by atoms with van der Waals surface area (Å²) in [5.74, 6) is 0. The van der Waals surface area contributed by atoms with Gasteiger partial charge in [-0.3, -0.25) is 0 Å². The minimum absolute atomic E-state index is 1.16. The minimum Gasteiger partial charge on any atom is -0.309 e. The van der Waals surface area contributed by atoms with E-state index in [9.17, 15) is 0 Å². The van der Waals surface area contributed by atoms with E-state index in [0.717, 1.165) is 5.69 Å². The fourth-order valence-corrected chi connectivity index (χ4v) is 8.42. The highest BCUT2D eigenvalue weighted by Gasteiger charge is 2.22. The predicted octanol–water partition coefficient (Wildman–Crippen LogP) is 12.1. The molecule has 3 heteroatoms. The fourth-order valence-electron chi connectivity index (χ4n) is 8.42. The summed E-state index contributed by atoms with van der Waals surface area (Å²) in [6.07, 6.45) is 0. The van der Waals surface area contributed by atoms with Crippen molar-refractivity contribution >= 4 is 76.2 Å². The smallest absolute Gasteiger partial charge is 0.0549 e. The van der Waals surface area contributed by atoms with E-state index >= 15 is 0 Å². The lowest BCUT2D eigenvalue weighted by Crippen LogP contribution is -1.96. The van der Waals surface area contributed by atoms with Gasteiger partial charge in [0.25, 0.3) is 0 Å². The van der Waals surface area contributed by atoms with Gasteiger partial charge in [0.1, 0.15) is 0 Å². The number of para-hydroxylation sites is 4. The molecule has 0 aliphatic rings. The molecule has 0 aliphatic carbocycles. The maximum Gasteiger partial charge on any atom is 0.0549 e. The van der Waals surface area contributed by atoms with Crippen LogP contribution in [-0.2, 0) is 0 Å². The van der Waals surface area contributed by atoms with Crippen molar-refractivity contribution in [3.8, 4) is 17.1 Å². The predicted molar refractivity (Wildman–Crippen MR) is 207 cm³/mol. The van der Waals surface area contributed by atoms with Gasteiger partial charge in [-0.15, -0.1) is 0 Å². The quantitative estimate of drug-likeness (QED) is 0.186. The first-order valence-corrected chi connectivity index (χ1v) is 16.9. The van der Waals surface area contributed by atoms with Crippen LogP contribution in [0.25, 0.3) is 93.3 Å². The summed E-state index contributed by atoms with van der Waals surface area (Å²) in [6.45, 7) is 0. The molecule has 3 aromatic heterocycles. The van der Waals surface area contributed by atoms with Crippen molar-refractivity contribution in [3.05, 3.63) is 176 Å². The van der Waals surface area contributed by atoms with Crippen LogP contribution in [0.1, 0.15) is 0 Å². The highest BCUT2D eigenvalue weighted by Crippen LogP contribution is 2.45. The summed E-state index contributed by atoms with van der Waals surface area (Å²) in [7, 11) is 0. The number of benzene rings is 8. The normalized spacial score (nSPS) is 12.1. The van der Waals surface area contributed by atoms with Crippen LogP contribution >= 0.6 is 0 Å². The van der Waals surface area contributed by atoms with Gasteiger partial charge in [0.15, 0.2) is 0 Å². The first-order valence-electron chi connectivity index (χ1n) is 16.9. The Balaban J connectivity index is 1.29. The Morgan fingerprint density at radius 3 is 1.41 bits per heavy atom. The molecule has 0 spiro atoms. The highest BCUT2D eigenvalue weighted by atomic mass is 15.0. The summed E-state index contributed by atoms with van der Waals surface area (Å²) < 4.78 is 7.29. The van der Waals surface area contributed by atoms with Gasteiger partial charge in [-0.2, -0.15) is 0 Å². The number of hydrogen-bond donors (Lipinski definition) is 0. The molecule has 0 aliphatic heterocycles. The summed E-state index contributed by atoms with van der Waals surface area (Å²) in [4.78, 5) is 0. The average Bonchev–Trinajstić information content (AvgIpc) is 3.81. The van der Waals surface area contributed by atoms with Gasteiger partial charge in [-0.25, -0.2) is 0 Å². The molecule has 0 atom stereocenters. The lowest BCUT2D eigenvalue weighted by molar-refractivity contribution is 1.16. The van der Waals surface area contributed by atoms with Crippen molar-refractivity contribution in [3.63, 3.8) is 0 Å². The Morgan fingerprint density at radius 2 is 0.694 bits per heavy atom. The Bertz CT molecular complexity index is 3090. The zero-order chi connectivity index (χ0) is 32.1. The standard InChI is InChI=1S/C46H29N3/c1-3-14-31(15-4-1)47-38-21-11-9-19-35(38)37-29-33(24-26-40(37)47)49-39-22-12-10-20-36(39)45-42(49)27-28-43-46(45)44-34-18-8-7-13-30(34)23-25-41(44)48(43)32-16-5-2-6-17-32/h1-29H. The Kier molecular flexibility index (Phi) is 5.38. The molecule has 11 aromatic rings. The zero-order valence-corrected chi connectivity index (χ0v) is 26.6. The average molecular weight is 624 g/mol. The van der Waals surface area contributed by atoms with Gasteiger partial charge >= 0.3 is 0 Å². The van der Waals surface area contributed by atoms with Crippen LogP contribution < -0.4 is 0 Å². The maximum atomic E-state index is 2.47. The molecule has 0 saturated carbocycles. The molecule has 228 valence electrons. The lowest BCUT2D eigenvalue weighted by Gasteiger charge is -2.11. The van der Waals surface area contributed by atoms with Gasteiger partial charge < -0.3 is 13.7 Å². The number of hydrogen-bond acceptors (Lipinski definition) is 0. The minimum atomic E-state index is 1.16. The summed E-state index contributed by atoms with van der Waals surface area (Å²) in [6, 6.07) is 64.1. The fraction of sp³-hybridized carbons (Fsp3) is 0. The summed E-state index contributed by atoms with van der Waals surface area (Å²) in [5.41, 5.74) is 10.8. The maximum absolute atomic E-state index is 2.47. The largest absolute Gasteiger partial charge is 0.309 e. The van der Waals surface area contributed by atoms with Crippen LogP contribution in [0.5, 0.6) is 0 Å². The van der Waals surface area contributed by atoms with Crippen LogP contribution in [-0.4, -0.2) is 13.7 Å². The third-order valence-corrected chi connectivity index (χ3v) is 10.4.